The largest absolute Gasteiger partial charge is 0.462 e. The highest BCUT2D eigenvalue weighted by molar-refractivity contribution is 5.76. The Kier molecular flexibility index (Phi) is 30.6. The maximum Gasteiger partial charge on any atom is 0.306 e. The molecule has 0 aromatic carbocycles. The predicted molar refractivity (Wildman–Crippen MR) is 209 cm³/mol. The van der Waals surface area contributed by atoms with E-state index < -0.39 is 11.6 Å². The van der Waals surface area contributed by atoms with Crippen LogP contribution in [0.15, 0.2) is 24.3 Å². The molecule has 304 valence electrons. The van der Waals surface area contributed by atoms with Crippen molar-refractivity contribution in [3.05, 3.63) is 24.3 Å². The minimum absolute atomic E-state index is 0.00775. The first-order valence-electron chi connectivity index (χ1n) is 20.6. The third kappa shape index (κ3) is 33.5. The summed E-state index contributed by atoms with van der Waals surface area (Å²) >= 11 is 0. The molecule has 0 aliphatic carbocycles. The monoisotopic (exact) mass is 744 g/mol. The first-order valence-corrected chi connectivity index (χ1v) is 20.6. The number of esters is 1. The van der Waals surface area contributed by atoms with Crippen LogP contribution in [-0.2, 0) is 19.1 Å². The Labute approximate surface area is 315 Å². The fourth-order valence-corrected chi connectivity index (χ4v) is 5.98. The van der Waals surface area contributed by atoms with Gasteiger partial charge in [-0.05, 0) is 97.8 Å². The third-order valence-electron chi connectivity index (χ3n) is 9.19. The average molecular weight is 744 g/mol. The number of nitrogens with zero attached hydrogens (tertiary/aromatic N) is 1. The zero-order valence-electron chi connectivity index (χ0n) is 33.7. The lowest BCUT2D eigenvalue weighted by molar-refractivity contribution is -0.150. The molecule has 0 aliphatic rings. The lowest BCUT2D eigenvalue weighted by Gasteiger charge is -2.18. The molecule has 2 atom stereocenters. The Hall–Kier alpha value is -2.36. The number of amides is 2. The summed E-state index contributed by atoms with van der Waals surface area (Å²) in [7, 11) is 3.98. The molecule has 0 aromatic rings. The molecule has 0 bridgehead atoms. The van der Waals surface area contributed by atoms with Gasteiger partial charge in [0.15, 0.2) is 0 Å². The molecule has 2 N–H and O–H groups in total. The molecule has 0 saturated heterocycles. The molecule has 10 heteroatoms. The van der Waals surface area contributed by atoms with Gasteiger partial charge in [-0.15, -0.1) is 0 Å². The highest BCUT2D eigenvalue weighted by atomic mass is 19.3. The van der Waals surface area contributed by atoms with Crippen molar-refractivity contribution in [1.29, 1.82) is 0 Å². The third-order valence-corrected chi connectivity index (χ3v) is 9.19. The molecular formula is C42H76F3N3O4. The second kappa shape index (κ2) is 32.1. The Morgan fingerprint density at radius 2 is 1.12 bits per heavy atom. The van der Waals surface area contributed by atoms with Gasteiger partial charge in [0, 0.05) is 38.8 Å². The summed E-state index contributed by atoms with van der Waals surface area (Å²) < 4.78 is 47.9. The van der Waals surface area contributed by atoms with Crippen LogP contribution in [0.3, 0.4) is 0 Å². The number of carbonyl (C=O) groups is 3. The van der Waals surface area contributed by atoms with Crippen molar-refractivity contribution in [2.45, 2.75) is 193 Å². The summed E-state index contributed by atoms with van der Waals surface area (Å²) in [5.41, 5.74) is -1.33. The molecule has 0 aromatic heterocycles. The second-order valence-electron chi connectivity index (χ2n) is 15.0. The number of hydrogen-bond acceptors (Lipinski definition) is 5. The van der Waals surface area contributed by atoms with Crippen LogP contribution < -0.4 is 10.6 Å². The van der Waals surface area contributed by atoms with Gasteiger partial charge in [0.25, 0.3) is 5.92 Å². The molecule has 0 heterocycles. The van der Waals surface area contributed by atoms with Gasteiger partial charge < -0.3 is 20.3 Å². The molecular weight excluding hydrogens is 667 g/mol. The maximum absolute atomic E-state index is 14.5. The predicted octanol–water partition coefficient (Wildman–Crippen LogP) is 10.6. The van der Waals surface area contributed by atoms with E-state index in [2.05, 4.69) is 22.5 Å². The molecule has 2 unspecified atom stereocenters. The van der Waals surface area contributed by atoms with Gasteiger partial charge in [-0.3, -0.25) is 14.4 Å². The Morgan fingerprint density at radius 1 is 0.635 bits per heavy atom. The van der Waals surface area contributed by atoms with E-state index >= 15 is 0 Å². The molecule has 0 fully saturated rings. The van der Waals surface area contributed by atoms with E-state index in [1.165, 1.54) is 6.08 Å². The summed E-state index contributed by atoms with van der Waals surface area (Å²) in [6, 6.07) is 0. The van der Waals surface area contributed by atoms with E-state index in [4.69, 9.17) is 4.74 Å². The van der Waals surface area contributed by atoms with E-state index in [9.17, 15) is 27.6 Å². The quantitative estimate of drug-likeness (QED) is 0.0383. The lowest BCUT2D eigenvalue weighted by atomic mass is 10.00. The zero-order valence-corrected chi connectivity index (χ0v) is 33.7. The smallest absolute Gasteiger partial charge is 0.306 e. The van der Waals surface area contributed by atoms with Gasteiger partial charge in [0.1, 0.15) is 11.8 Å². The summed E-state index contributed by atoms with van der Waals surface area (Å²) in [6.45, 7) is 6.98. The van der Waals surface area contributed by atoms with E-state index in [0.29, 0.717) is 38.6 Å². The molecule has 52 heavy (non-hydrogen) atoms. The summed E-state index contributed by atoms with van der Waals surface area (Å²) in [5, 5.41) is 5.55. The first-order chi connectivity index (χ1) is 24.8. The van der Waals surface area contributed by atoms with Gasteiger partial charge >= 0.3 is 5.97 Å². The zero-order chi connectivity index (χ0) is 38.9. The minimum atomic E-state index is -2.82. The van der Waals surface area contributed by atoms with Crippen LogP contribution in [0.4, 0.5) is 13.2 Å². The van der Waals surface area contributed by atoms with Gasteiger partial charge in [-0.2, -0.15) is 0 Å². The maximum atomic E-state index is 14.5. The van der Waals surface area contributed by atoms with Crippen LogP contribution in [0.25, 0.3) is 0 Å². The van der Waals surface area contributed by atoms with Crippen molar-refractivity contribution in [3.63, 3.8) is 0 Å². The van der Waals surface area contributed by atoms with E-state index in [1.807, 2.05) is 21.0 Å². The number of ether oxygens (including phenoxy) is 1. The summed E-state index contributed by atoms with van der Waals surface area (Å²) in [6.07, 6.45) is 24.0. The van der Waals surface area contributed by atoms with Crippen LogP contribution in [-0.4, -0.2) is 74.1 Å². The molecule has 0 spiro atoms. The topological polar surface area (TPSA) is 87.7 Å². The standard InChI is InChI=1S/C42H76F3N3O4/c1-6-8-20-30-41(3,43)31-23-34-46-38(49)27-18-14-10-12-16-25-37(52-40(51)29-22-36-48(4)5)26-17-13-11-15-19-28-39(50)47-35-24-33-42(44,45)32-21-9-7-2/h23-24,31,33,37H,6-22,25-30,32,34-36H2,1-5H3,(H,46,49)(H,47,50)/b31-23-,33-24-. The number of unbranched alkanes of at least 4 members (excludes halogenated alkanes) is 12. The summed E-state index contributed by atoms with van der Waals surface area (Å²) in [4.78, 5) is 38.8. The van der Waals surface area contributed by atoms with Crippen LogP contribution in [0, 0.1) is 0 Å². The van der Waals surface area contributed by atoms with Gasteiger partial charge in [-0.1, -0.05) is 96.3 Å². The van der Waals surface area contributed by atoms with Crippen LogP contribution in [0.5, 0.6) is 0 Å². The lowest BCUT2D eigenvalue weighted by Crippen LogP contribution is -2.23. The van der Waals surface area contributed by atoms with E-state index in [-0.39, 0.29) is 36.9 Å². The molecule has 0 aliphatic heterocycles. The highest BCUT2D eigenvalue weighted by Gasteiger charge is 2.23. The number of hydrogen-bond donors (Lipinski definition) is 2. The molecule has 0 saturated carbocycles. The molecule has 0 rings (SSSR count). The SMILES string of the molecule is CCCCCC(C)(F)/C=C\CNC(=O)CCCCCCCC(CCCCCCCC(=O)NC/C=C\C(F)(F)CCCCC)OC(=O)CCCN(C)C. The van der Waals surface area contributed by atoms with Crippen molar-refractivity contribution < 1.29 is 32.3 Å². The van der Waals surface area contributed by atoms with Gasteiger partial charge in [0.2, 0.25) is 11.8 Å². The van der Waals surface area contributed by atoms with Gasteiger partial charge in [-0.25, -0.2) is 13.2 Å². The number of carbonyl (C=O) groups excluding carboxylic acids is 3. The van der Waals surface area contributed by atoms with Crippen LogP contribution in [0.2, 0.25) is 0 Å². The van der Waals surface area contributed by atoms with Crippen molar-refractivity contribution >= 4 is 17.8 Å². The van der Waals surface area contributed by atoms with E-state index in [1.54, 1.807) is 19.1 Å². The normalized spacial score (nSPS) is 13.9. The fourth-order valence-electron chi connectivity index (χ4n) is 5.98. The van der Waals surface area contributed by atoms with Crippen molar-refractivity contribution in [2.75, 3.05) is 33.7 Å². The van der Waals surface area contributed by atoms with Crippen molar-refractivity contribution in [1.82, 2.24) is 15.5 Å². The Morgan fingerprint density at radius 3 is 1.63 bits per heavy atom. The average Bonchev–Trinajstić information content (AvgIpc) is 3.07. The minimum Gasteiger partial charge on any atom is -0.462 e. The highest BCUT2D eigenvalue weighted by Crippen LogP contribution is 2.23. The number of alkyl halides is 3. The van der Waals surface area contributed by atoms with Gasteiger partial charge in [0.05, 0.1) is 0 Å². The molecule has 0 radical (unpaired) electrons. The number of halogens is 3. The Balaban J connectivity index is 4.29. The van der Waals surface area contributed by atoms with Crippen LogP contribution >= 0.6 is 0 Å². The fraction of sp³-hybridized carbons (Fsp3) is 0.833. The van der Waals surface area contributed by atoms with Crippen molar-refractivity contribution in [3.8, 4) is 0 Å². The number of nitrogens with one attached hydrogen (secondary N) is 2. The number of rotatable bonds is 35. The number of allylic oxidation sites excluding steroid dienone is 2. The van der Waals surface area contributed by atoms with Crippen LogP contribution in [0.1, 0.15) is 175 Å². The first kappa shape index (κ1) is 49.6. The second-order valence-corrected chi connectivity index (χ2v) is 15.0. The molecule has 2 amide bonds. The van der Waals surface area contributed by atoms with Crippen molar-refractivity contribution in [2.24, 2.45) is 0 Å². The van der Waals surface area contributed by atoms with E-state index in [0.717, 1.165) is 128 Å². The molecule has 7 nitrogen and oxygen atoms in total. The Bertz CT molecular complexity index is 910. The summed E-state index contributed by atoms with van der Waals surface area (Å²) in [5.74, 6) is -3.08.